The molecule has 0 aliphatic carbocycles. The van der Waals surface area contributed by atoms with Crippen LogP contribution in [-0.2, 0) is 0 Å². The molecule has 1 aromatic rings. The van der Waals surface area contributed by atoms with E-state index in [1.165, 1.54) is 25.1 Å². The molecule has 0 fully saturated rings. The van der Waals surface area contributed by atoms with Crippen LogP contribution in [-0.4, -0.2) is 35.6 Å². The van der Waals surface area contributed by atoms with Crippen molar-refractivity contribution in [3.05, 3.63) is 16.1 Å². The minimum absolute atomic E-state index is 0.355. The van der Waals surface area contributed by atoms with Crippen molar-refractivity contribution in [2.24, 2.45) is 0 Å². The van der Waals surface area contributed by atoms with Gasteiger partial charge in [0.1, 0.15) is 0 Å². The van der Waals surface area contributed by atoms with Gasteiger partial charge < -0.3 is 10.2 Å². The first-order chi connectivity index (χ1) is 9.06. The Morgan fingerprint density at radius 3 is 2.53 bits per heavy atom. The highest BCUT2D eigenvalue weighted by atomic mass is 32.1. The fourth-order valence-electron chi connectivity index (χ4n) is 2.34. The van der Waals surface area contributed by atoms with Crippen molar-refractivity contribution < 1.29 is 0 Å². The summed E-state index contributed by atoms with van der Waals surface area (Å²) in [6, 6.07) is 0.904. The summed E-state index contributed by atoms with van der Waals surface area (Å²) in [4.78, 5) is 7.03. The van der Waals surface area contributed by atoms with Crippen molar-refractivity contribution in [3.63, 3.8) is 0 Å². The van der Waals surface area contributed by atoms with Gasteiger partial charge in [-0.15, -0.1) is 11.3 Å². The van der Waals surface area contributed by atoms with E-state index in [0.29, 0.717) is 12.1 Å². The fourth-order valence-corrected chi connectivity index (χ4v) is 3.04. The predicted octanol–water partition coefficient (Wildman–Crippen LogP) is 3.61. The zero-order valence-corrected chi connectivity index (χ0v) is 13.9. The monoisotopic (exact) mass is 283 g/mol. The summed E-state index contributed by atoms with van der Waals surface area (Å²) < 4.78 is 0. The molecular formula is C15H29N3S. The molecule has 110 valence electrons. The molecule has 0 spiro atoms. The lowest BCUT2D eigenvalue weighted by atomic mass is 10.1. The molecule has 0 amide bonds. The number of hydrogen-bond acceptors (Lipinski definition) is 4. The Labute approximate surface area is 122 Å². The normalized spacial score (nSPS) is 14.8. The van der Waals surface area contributed by atoms with Crippen LogP contribution in [0, 0.1) is 6.92 Å². The summed E-state index contributed by atoms with van der Waals surface area (Å²) in [7, 11) is 0. The summed E-state index contributed by atoms with van der Waals surface area (Å²) in [5.74, 6) is 0. The molecule has 4 heteroatoms. The smallest absolute Gasteiger partial charge is 0.0898 e. The Morgan fingerprint density at radius 1 is 1.32 bits per heavy atom. The summed E-state index contributed by atoms with van der Waals surface area (Å²) in [6.07, 6.45) is 2.49. The van der Waals surface area contributed by atoms with Crippen LogP contribution in [0.15, 0.2) is 5.38 Å². The maximum Gasteiger partial charge on any atom is 0.0898 e. The molecule has 3 nitrogen and oxygen atoms in total. The van der Waals surface area contributed by atoms with Crippen molar-refractivity contribution in [3.8, 4) is 0 Å². The van der Waals surface area contributed by atoms with Gasteiger partial charge in [0.05, 0.1) is 10.7 Å². The van der Waals surface area contributed by atoms with Crippen LogP contribution >= 0.6 is 11.3 Å². The molecule has 0 aliphatic rings. The van der Waals surface area contributed by atoms with Crippen LogP contribution in [0.1, 0.15) is 57.3 Å². The largest absolute Gasteiger partial charge is 0.306 e. The number of aryl methyl sites for hydroxylation is 1. The van der Waals surface area contributed by atoms with E-state index in [4.69, 9.17) is 0 Å². The minimum atomic E-state index is 0.355. The second kappa shape index (κ2) is 8.67. The zero-order chi connectivity index (χ0) is 14.3. The number of aromatic nitrogens is 1. The minimum Gasteiger partial charge on any atom is -0.306 e. The molecule has 19 heavy (non-hydrogen) atoms. The lowest BCUT2D eigenvalue weighted by Crippen LogP contribution is -2.31. The van der Waals surface area contributed by atoms with Crippen LogP contribution in [0.4, 0.5) is 0 Å². The summed E-state index contributed by atoms with van der Waals surface area (Å²) >= 11 is 1.73. The molecule has 1 aromatic heterocycles. The number of nitrogens with one attached hydrogen (secondary N) is 1. The van der Waals surface area contributed by atoms with E-state index in [9.17, 15) is 0 Å². The maximum absolute atomic E-state index is 4.55. The average Bonchev–Trinajstić information content (AvgIpc) is 2.81. The van der Waals surface area contributed by atoms with Gasteiger partial charge in [-0.05, 0) is 53.2 Å². The molecular weight excluding hydrogens is 254 g/mol. The van der Waals surface area contributed by atoms with Gasteiger partial charge in [-0.1, -0.05) is 13.8 Å². The lowest BCUT2D eigenvalue weighted by molar-refractivity contribution is 0.288. The van der Waals surface area contributed by atoms with E-state index in [1.54, 1.807) is 11.3 Å². The van der Waals surface area contributed by atoms with Gasteiger partial charge in [-0.3, -0.25) is 0 Å². The summed E-state index contributed by atoms with van der Waals surface area (Å²) in [5.41, 5.74) is 1.18. The maximum atomic E-state index is 4.55. The molecule has 1 rings (SSSR count). The van der Waals surface area contributed by atoms with Crippen molar-refractivity contribution in [2.45, 2.75) is 59.5 Å². The van der Waals surface area contributed by atoms with Gasteiger partial charge >= 0.3 is 0 Å². The number of hydrogen-bond donors (Lipinski definition) is 1. The van der Waals surface area contributed by atoms with Crippen LogP contribution in [0.25, 0.3) is 0 Å². The van der Waals surface area contributed by atoms with Crippen LogP contribution in [0.2, 0.25) is 0 Å². The van der Waals surface area contributed by atoms with Crippen molar-refractivity contribution in [1.29, 1.82) is 0 Å². The first-order valence-electron chi connectivity index (χ1n) is 7.47. The third-order valence-electron chi connectivity index (χ3n) is 3.62. The third-order valence-corrected chi connectivity index (χ3v) is 4.41. The molecule has 0 bridgehead atoms. The highest BCUT2D eigenvalue weighted by Crippen LogP contribution is 2.16. The first kappa shape index (κ1) is 16.6. The van der Waals surface area contributed by atoms with Gasteiger partial charge in [0.25, 0.3) is 0 Å². The molecule has 0 aliphatic heterocycles. The van der Waals surface area contributed by atoms with Crippen molar-refractivity contribution >= 4 is 11.3 Å². The van der Waals surface area contributed by atoms with Crippen molar-refractivity contribution in [1.82, 2.24) is 15.2 Å². The van der Waals surface area contributed by atoms with E-state index in [-0.39, 0.29) is 0 Å². The van der Waals surface area contributed by atoms with Crippen LogP contribution < -0.4 is 5.32 Å². The Balaban J connectivity index is 2.25. The van der Waals surface area contributed by atoms with E-state index >= 15 is 0 Å². The van der Waals surface area contributed by atoms with E-state index < -0.39 is 0 Å². The standard InChI is InChI=1S/C15H29N3S/c1-6-18(7-2)10-8-9-12(3)16-13(4)15-11-19-14(5)17-15/h11-13,16H,6-10H2,1-5H3. The van der Waals surface area contributed by atoms with Gasteiger partial charge in [0.15, 0.2) is 0 Å². The van der Waals surface area contributed by atoms with Crippen molar-refractivity contribution in [2.75, 3.05) is 19.6 Å². The summed E-state index contributed by atoms with van der Waals surface area (Å²) in [5, 5.41) is 6.96. The fraction of sp³-hybridized carbons (Fsp3) is 0.800. The highest BCUT2D eigenvalue weighted by molar-refractivity contribution is 7.09. The Kier molecular flexibility index (Phi) is 7.57. The number of nitrogens with zero attached hydrogens (tertiary/aromatic N) is 2. The molecule has 0 radical (unpaired) electrons. The van der Waals surface area contributed by atoms with E-state index in [0.717, 1.165) is 18.1 Å². The van der Waals surface area contributed by atoms with Gasteiger partial charge in [-0.25, -0.2) is 4.98 Å². The molecule has 0 aromatic carbocycles. The number of rotatable bonds is 9. The molecule has 0 saturated carbocycles. The zero-order valence-electron chi connectivity index (χ0n) is 13.1. The van der Waals surface area contributed by atoms with Gasteiger partial charge in [-0.2, -0.15) is 0 Å². The van der Waals surface area contributed by atoms with Gasteiger partial charge in [0.2, 0.25) is 0 Å². The van der Waals surface area contributed by atoms with E-state index in [1.807, 2.05) is 0 Å². The third kappa shape index (κ3) is 6.02. The molecule has 1 N–H and O–H groups in total. The quantitative estimate of drug-likeness (QED) is 0.750. The van der Waals surface area contributed by atoms with Crippen LogP contribution in [0.3, 0.4) is 0 Å². The second-order valence-corrected chi connectivity index (χ2v) is 6.31. The number of thiazole rings is 1. The second-order valence-electron chi connectivity index (χ2n) is 5.25. The van der Waals surface area contributed by atoms with Gasteiger partial charge in [0, 0.05) is 17.5 Å². The molecule has 0 saturated heterocycles. The molecule has 2 unspecified atom stereocenters. The lowest BCUT2D eigenvalue weighted by Gasteiger charge is -2.21. The van der Waals surface area contributed by atoms with Crippen LogP contribution in [0.5, 0.6) is 0 Å². The summed E-state index contributed by atoms with van der Waals surface area (Å²) in [6.45, 7) is 14.5. The topological polar surface area (TPSA) is 28.2 Å². The predicted molar refractivity (Wildman–Crippen MR) is 84.9 cm³/mol. The Hall–Kier alpha value is -0.450. The average molecular weight is 283 g/mol. The SMILES string of the molecule is CCN(CC)CCCC(C)NC(C)c1csc(C)n1. The Morgan fingerprint density at radius 2 is 2.00 bits per heavy atom. The molecule has 1 heterocycles. The van der Waals surface area contributed by atoms with E-state index in [2.05, 4.69) is 55.2 Å². The Bertz CT molecular complexity index is 347. The molecule has 2 atom stereocenters. The first-order valence-corrected chi connectivity index (χ1v) is 8.35. The highest BCUT2D eigenvalue weighted by Gasteiger charge is 2.12.